The van der Waals surface area contributed by atoms with E-state index in [0.717, 1.165) is 56.3 Å². The van der Waals surface area contributed by atoms with Crippen LogP contribution in [0, 0.1) is 0 Å². The summed E-state index contributed by atoms with van der Waals surface area (Å²) in [6, 6.07) is 24.9. The molecule has 0 radical (unpaired) electrons. The number of thiocarbonyl (C=S) groups is 1. The van der Waals surface area contributed by atoms with Crippen LogP contribution in [-0.2, 0) is 16.1 Å². The maximum atomic E-state index is 13.8. The van der Waals surface area contributed by atoms with E-state index in [-0.39, 0.29) is 18.2 Å². The Labute approximate surface area is 264 Å². The smallest absolute Gasteiger partial charge is 0.256 e. The Hall–Kier alpha value is -3.44. The molecule has 5 rings (SSSR count). The quantitative estimate of drug-likeness (QED) is 0.226. The van der Waals surface area contributed by atoms with Gasteiger partial charge in [0.1, 0.15) is 11.8 Å². The topological polar surface area (TPSA) is 68.4 Å². The standard InChI is InChI=1S/C33H39N5O3S2/c1-41-28-14-12-26(13-15-28)34-31(39)23-30-32(40)38(27-10-6-11-29(22-27)43-2)33(42)37(30)17-7-16-35-18-20-36(21-19-35)24-25-8-4-3-5-9-25/h3-6,8-15,22,30H,7,16-21,23-24H2,1-2H3,(H,34,39). The molecule has 226 valence electrons. The molecule has 3 aromatic carbocycles. The van der Waals surface area contributed by atoms with Crippen molar-refractivity contribution in [2.75, 3.05) is 62.9 Å². The molecular formula is C33H39N5O3S2. The largest absolute Gasteiger partial charge is 0.497 e. The first-order chi connectivity index (χ1) is 20.9. The van der Waals surface area contributed by atoms with E-state index >= 15 is 0 Å². The third-order valence-electron chi connectivity index (χ3n) is 7.97. The van der Waals surface area contributed by atoms with Gasteiger partial charge in [-0.3, -0.25) is 19.4 Å². The molecule has 3 aromatic rings. The van der Waals surface area contributed by atoms with E-state index in [1.165, 1.54) is 5.56 Å². The first-order valence-electron chi connectivity index (χ1n) is 14.7. The highest BCUT2D eigenvalue weighted by Gasteiger charge is 2.44. The molecule has 2 heterocycles. The molecule has 43 heavy (non-hydrogen) atoms. The monoisotopic (exact) mass is 617 g/mol. The molecule has 0 saturated carbocycles. The molecule has 1 N–H and O–H groups in total. The van der Waals surface area contributed by atoms with Crippen molar-refractivity contribution in [1.29, 1.82) is 0 Å². The van der Waals surface area contributed by atoms with Gasteiger partial charge in [-0.2, -0.15) is 0 Å². The number of carbonyl (C=O) groups excluding carboxylic acids is 2. The number of benzene rings is 3. The number of ether oxygens (including phenoxy) is 1. The summed E-state index contributed by atoms with van der Waals surface area (Å²) in [6.45, 7) is 6.58. The van der Waals surface area contributed by atoms with Gasteiger partial charge in [0, 0.05) is 49.9 Å². The van der Waals surface area contributed by atoms with Crippen molar-refractivity contribution in [1.82, 2.24) is 14.7 Å². The zero-order valence-electron chi connectivity index (χ0n) is 24.8. The molecule has 1 unspecified atom stereocenters. The van der Waals surface area contributed by atoms with Crippen molar-refractivity contribution in [2.24, 2.45) is 0 Å². The summed E-state index contributed by atoms with van der Waals surface area (Å²) in [5, 5.41) is 3.38. The maximum absolute atomic E-state index is 13.8. The Morgan fingerprint density at radius 2 is 1.67 bits per heavy atom. The molecule has 10 heteroatoms. The number of nitrogens with zero attached hydrogens (tertiary/aromatic N) is 4. The van der Waals surface area contributed by atoms with E-state index in [9.17, 15) is 9.59 Å². The molecule has 2 fully saturated rings. The van der Waals surface area contributed by atoms with E-state index < -0.39 is 6.04 Å². The predicted octanol–water partition coefficient (Wildman–Crippen LogP) is 4.96. The lowest BCUT2D eigenvalue weighted by molar-refractivity contribution is -0.124. The summed E-state index contributed by atoms with van der Waals surface area (Å²) in [7, 11) is 1.60. The number of nitrogens with one attached hydrogen (secondary N) is 1. The second-order valence-electron chi connectivity index (χ2n) is 10.8. The van der Waals surface area contributed by atoms with Gasteiger partial charge in [0.2, 0.25) is 5.91 Å². The minimum Gasteiger partial charge on any atom is -0.497 e. The summed E-state index contributed by atoms with van der Waals surface area (Å²) in [4.78, 5) is 36.5. The Morgan fingerprint density at radius 3 is 2.37 bits per heavy atom. The highest BCUT2D eigenvalue weighted by atomic mass is 32.2. The van der Waals surface area contributed by atoms with Gasteiger partial charge < -0.3 is 19.9 Å². The second kappa shape index (κ2) is 14.8. The molecule has 0 spiro atoms. The maximum Gasteiger partial charge on any atom is 0.256 e. The number of thioether (sulfide) groups is 1. The van der Waals surface area contributed by atoms with Crippen LogP contribution in [0.3, 0.4) is 0 Å². The Balaban J connectivity index is 1.21. The van der Waals surface area contributed by atoms with Crippen LogP contribution in [0.5, 0.6) is 5.75 Å². The van der Waals surface area contributed by atoms with Gasteiger partial charge in [-0.1, -0.05) is 36.4 Å². The number of methoxy groups -OCH3 is 1. The number of hydrogen-bond acceptors (Lipinski definition) is 7. The molecule has 2 aliphatic rings. The lowest BCUT2D eigenvalue weighted by Gasteiger charge is -2.35. The fourth-order valence-electron chi connectivity index (χ4n) is 5.61. The zero-order valence-corrected chi connectivity index (χ0v) is 26.4. The second-order valence-corrected chi connectivity index (χ2v) is 12.0. The Kier molecular flexibility index (Phi) is 10.7. The van der Waals surface area contributed by atoms with Crippen LogP contribution in [0.25, 0.3) is 0 Å². The number of hydrogen-bond donors (Lipinski definition) is 1. The Morgan fingerprint density at radius 1 is 0.953 bits per heavy atom. The van der Waals surface area contributed by atoms with Gasteiger partial charge in [-0.25, -0.2) is 0 Å². The first kappa shape index (κ1) is 31.0. The summed E-state index contributed by atoms with van der Waals surface area (Å²) in [5.41, 5.74) is 2.73. The van der Waals surface area contributed by atoms with Gasteiger partial charge in [-0.15, -0.1) is 11.8 Å². The van der Waals surface area contributed by atoms with Crippen LogP contribution in [0.1, 0.15) is 18.4 Å². The van der Waals surface area contributed by atoms with Gasteiger partial charge in [-0.05, 0) is 79.5 Å². The average molecular weight is 618 g/mol. The Bertz CT molecular complexity index is 1400. The van der Waals surface area contributed by atoms with Crippen LogP contribution in [0.2, 0.25) is 0 Å². The molecule has 0 aliphatic carbocycles. The van der Waals surface area contributed by atoms with Gasteiger partial charge in [0.15, 0.2) is 5.11 Å². The molecule has 8 nitrogen and oxygen atoms in total. The van der Waals surface area contributed by atoms with Gasteiger partial charge >= 0.3 is 0 Å². The van der Waals surface area contributed by atoms with Gasteiger partial charge in [0.05, 0.1) is 19.2 Å². The highest BCUT2D eigenvalue weighted by molar-refractivity contribution is 7.98. The normalized spacial score (nSPS) is 17.9. The van der Waals surface area contributed by atoms with Crippen molar-refractivity contribution < 1.29 is 14.3 Å². The minimum absolute atomic E-state index is 0.0158. The van der Waals surface area contributed by atoms with Crippen molar-refractivity contribution in [3.05, 3.63) is 84.4 Å². The molecule has 1 atom stereocenters. The predicted molar refractivity (Wildman–Crippen MR) is 178 cm³/mol. The van der Waals surface area contributed by atoms with Crippen LogP contribution in [-0.4, -0.2) is 90.3 Å². The lowest BCUT2D eigenvalue weighted by Crippen LogP contribution is -2.47. The molecular weight excluding hydrogens is 579 g/mol. The molecule has 2 aliphatic heterocycles. The van der Waals surface area contributed by atoms with Gasteiger partial charge in [0.25, 0.3) is 5.91 Å². The fraction of sp³-hybridized carbons (Fsp3) is 0.364. The zero-order chi connectivity index (χ0) is 30.2. The van der Waals surface area contributed by atoms with Crippen LogP contribution in [0.15, 0.2) is 83.8 Å². The first-order valence-corrected chi connectivity index (χ1v) is 16.3. The number of anilines is 2. The van der Waals surface area contributed by atoms with Crippen LogP contribution in [0.4, 0.5) is 11.4 Å². The molecule has 2 saturated heterocycles. The van der Waals surface area contributed by atoms with E-state index in [1.54, 1.807) is 48.0 Å². The highest BCUT2D eigenvalue weighted by Crippen LogP contribution is 2.30. The van der Waals surface area contributed by atoms with Crippen LogP contribution < -0.4 is 15.0 Å². The average Bonchev–Trinajstić information content (AvgIpc) is 3.26. The van der Waals surface area contributed by atoms with E-state index in [2.05, 4.69) is 45.4 Å². The van der Waals surface area contributed by atoms with Crippen molar-refractivity contribution in [2.45, 2.75) is 30.3 Å². The number of carbonyl (C=O) groups is 2. The minimum atomic E-state index is -0.661. The number of piperazine rings is 1. The molecule has 0 bridgehead atoms. The number of rotatable bonds is 12. The fourth-order valence-corrected chi connectivity index (χ4v) is 6.48. The van der Waals surface area contributed by atoms with Crippen molar-refractivity contribution >= 4 is 52.3 Å². The summed E-state index contributed by atoms with van der Waals surface area (Å²) < 4.78 is 5.21. The lowest BCUT2D eigenvalue weighted by atomic mass is 10.1. The third-order valence-corrected chi connectivity index (χ3v) is 9.11. The number of amides is 2. The summed E-state index contributed by atoms with van der Waals surface area (Å²) in [6.07, 6.45) is 2.87. The van der Waals surface area contributed by atoms with Crippen LogP contribution >= 0.6 is 24.0 Å². The van der Waals surface area contributed by atoms with Crippen molar-refractivity contribution in [3.63, 3.8) is 0 Å². The molecule has 0 aromatic heterocycles. The molecule has 2 amide bonds. The summed E-state index contributed by atoms with van der Waals surface area (Å²) in [5.74, 6) is 0.314. The van der Waals surface area contributed by atoms with E-state index in [4.69, 9.17) is 17.0 Å². The SMILES string of the molecule is COc1ccc(NC(=O)CC2C(=O)N(c3cccc(SC)c3)C(=S)N2CCCN2CCN(Cc3ccccc3)CC2)cc1. The third kappa shape index (κ3) is 7.94. The van der Waals surface area contributed by atoms with E-state index in [0.29, 0.717) is 23.1 Å². The van der Waals surface area contributed by atoms with Crippen molar-refractivity contribution in [3.8, 4) is 5.75 Å². The van der Waals surface area contributed by atoms with E-state index in [1.807, 2.05) is 35.4 Å². The summed E-state index contributed by atoms with van der Waals surface area (Å²) >= 11 is 7.51.